The summed E-state index contributed by atoms with van der Waals surface area (Å²) in [6.07, 6.45) is -0.352. The molecule has 1 rings (SSSR count). The SMILES string of the molecule is CC(C)CC(NC(=O)C(Cc1ccccc1)NC(=O)C(CCC(=O)O)NC(=O)CN)C(=O)O. The summed E-state index contributed by atoms with van der Waals surface area (Å²) < 4.78 is 0. The maximum Gasteiger partial charge on any atom is 0.326 e. The van der Waals surface area contributed by atoms with E-state index >= 15 is 0 Å². The zero-order chi connectivity index (χ0) is 25.0. The highest BCUT2D eigenvalue weighted by molar-refractivity contribution is 5.94. The highest BCUT2D eigenvalue weighted by Crippen LogP contribution is 2.09. The van der Waals surface area contributed by atoms with E-state index in [-0.39, 0.29) is 25.2 Å². The molecule has 0 aliphatic rings. The van der Waals surface area contributed by atoms with E-state index in [0.717, 1.165) is 0 Å². The molecule has 0 saturated carbocycles. The topological polar surface area (TPSA) is 188 Å². The first-order valence-corrected chi connectivity index (χ1v) is 10.6. The summed E-state index contributed by atoms with van der Waals surface area (Å²) >= 11 is 0. The van der Waals surface area contributed by atoms with Crippen LogP contribution in [-0.4, -0.2) is 64.5 Å². The molecule has 3 amide bonds. The molecule has 1 aromatic carbocycles. The molecule has 0 spiro atoms. The first kappa shape index (κ1) is 27.6. The van der Waals surface area contributed by atoms with Crippen LogP contribution in [0.15, 0.2) is 30.3 Å². The Labute approximate surface area is 192 Å². The van der Waals surface area contributed by atoms with Crippen molar-refractivity contribution in [3.63, 3.8) is 0 Å². The number of nitrogens with one attached hydrogen (secondary N) is 3. The van der Waals surface area contributed by atoms with E-state index in [4.69, 9.17) is 10.8 Å². The van der Waals surface area contributed by atoms with Crippen molar-refractivity contribution < 1.29 is 34.2 Å². The second-order valence-electron chi connectivity index (χ2n) is 8.04. The van der Waals surface area contributed by atoms with Gasteiger partial charge in [0.25, 0.3) is 0 Å². The number of carbonyl (C=O) groups excluding carboxylic acids is 3. The van der Waals surface area contributed by atoms with Crippen molar-refractivity contribution in [3.05, 3.63) is 35.9 Å². The monoisotopic (exact) mass is 464 g/mol. The minimum atomic E-state index is -1.23. The summed E-state index contributed by atoms with van der Waals surface area (Å²) in [5, 5.41) is 25.7. The number of amides is 3. The van der Waals surface area contributed by atoms with Gasteiger partial charge >= 0.3 is 11.9 Å². The van der Waals surface area contributed by atoms with Gasteiger partial charge in [0.15, 0.2) is 0 Å². The van der Waals surface area contributed by atoms with Crippen LogP contribution in [0.25, 0.3) is 0 Å². The van der Waals surface area contributed by atoms with E-state index in [0.29, 0.717) is 5.56 Å². The zero-order valence-corrected chi connectivity index (χ0v) is 18.7. The molecule has 7 N–H and O–H groups in total. The zero-order valence-electron chi connectivity index (χ0n) is 18.7. The van der Waals surface area contributed by atoms with E-state index in [9.17, 15) is 29.1 Å². The van der Waals surface area contributed by atoms with Crippen LogP contribution in [-0.2, 0) is 30.4 Å². The highest BCUT2D eigenvalue weighted by Gasteiger charge is 2.30. The number of carbonyl (C=O) groups is 5. The molecule has 0 radical (unpaired) electrons. The molecule has 3 unspecified atom stereocenters. The Morgan fingerprint density at radius 3 is 1.97 bits per heavy atom. The summed E-state index contributed by atoms with van der Waals surface area (Å²) in [5.74, 6) is -4.50. The normalized spacial score (nSPS) is 13.5. The molecule has 182 valence electrons. The Morgan fingerprint density at radius 1 is 0.879 bits per heavy atom. The molecule has 0 aromatic heterocycles. The van der Waals surface area contributed by atoms with Gasteiger partial charge < -0.3 is 31.9 Å². The third kappa shape index (κ3) is 10.6. The molecular weight excluding hydrogens is 432 g/mol. The van der Waals surface area contributed by atoms with Crippen molar-refractivity contribution in [2.75, 3.05) is 6.54 Å². The van der Waals surface area contributed by atoms with Crippen molar-refractivity contribution in [2.45, 2.75) is 57.7 Å². The molecule has 0 saturated heterocycles. The summed E-state index contributed by atoms with van der Waals surface area (Å²) in [6.45, 7) is 3.23. The molecule has 0 aliphatic carbocycles. The molecule has 0 aliphatic heterocycles. The van der Waals surface area contributed by atoms with E-state index < -0.39 is 60.8 Å². The van der Waals surface area contributed by atoms with Gasteiger partial charge in [0, 0.05) is 12.8 Å². The first-order valence-electron chi connectivity index (χ1n) is 10.6. The molecule has 0 heterocycles. The number of nitrogens with two attached hydrogens (primary N) is 1. The summed E-state index contributed by atoms with van der Waals surface area (Å²) in [7, 11) is 0. The Bertz CT molecular complexity index is 829. The molecular formula is C22H32N4O7. The Balaban J connectivity index is 3.08. The minimum Gasteiger partial charge on any atom is -0.481 e. The smallest absolute Gasteiger partial charge is 0.326 e. The number of rotatable bonds is 14. The fourth-order valence-electron chi connectivity index (χ4n) is 3.09. The van der Waals surface area contributed by atoms with Gasteiger partial charge in [-0.2, -0.15) is 0 Å². The standard InChI is InChI=1S/C22H32N4O7/c1-13(2)10-17(22(32)33)26-21(31)16(11-14-6-4-3-5-7-14)25-20(30)15(8-9-19(28)29)24-18(27)12-23/h3-7,13,15-17H,8-12,23H2,1-2H3,(H,24,27)(H,25,30)(H,26,31)(H,28,29)(H,32,33). The minimum absolute atomic E-state index is 0.000406. The lowest BCUT2D eigenvalue weighted by Gasteiger charge is -2.25. The van der Waals surface area contributed by atoms with E-state index in [1.165, 1.54) is 0 Å². The fraction of sp³-hybridized carbons (Fsp3) is 0.500. The van der Waals surface area contributed by atoms with Crippen LogP contribution in [0.3, 0.4) is 0 Å². The van der Waals surface area contributed by atoms with Gasteiger partial charge in [-0.15, -0.1) is 0 Å². The van der Waals surface area contributed by atoms with Gasteiger partial charge in [0.2, 0.25) is 17.7 Å². The highest BCUT2D eigenvalue weighted by atomic mass is 16.4. The maximum absolute atomic E-state index is 13.0. The Morgan fingerprint density at radius 2 is 1.45 bits per heavy atom. The molecule has 11 nitrogen and oxygen atoms in total. The quantitative estimate of drug-likeness (QED) is 0.215. The first-order chi connectivity index (χ1) is 15.5. The van der Waals surface area contributed by atoms with Gasteiger partial charge in [0.05, 0.1) is 6.54 Å². The van der Waals surface area contributed by atoms with Crippen molar-refractivity contribution in [2.24, 2.45) is 11.7 Å². The van der Waals surface area contributed by atoms with Gasteiger partial charge in [-0.3, -0.25) is 19.2 Å². The van der Waals surface area contributed by atoms with Gasteiger partial charge in [-0.25, -0.2) is 4.79 Å². The molecule has 1 aromatic rings. The average molecular weight is 465 g/mol. The van der Waals surface area contributed by atoms with Crippen molar-refractivity contribution in [1.82, 2.24) is 16.0 Å². The van der Waals surface area contributed by atoms with E-state index in [1.54, 1.807) is 30.3 Å². The molecule has 33 heavy (non-hydrogen) atoms. The van der Waals surface area contributed by atoms with Crippen LogP contribution in [0.5, 0.6) is 0 Å². The largest absolute Gasteiger partial charge is 0.481 e. The Hall–Kier alpha value is -3.47. The van der Waals surface area contributed by atoms with Gasteiger partial charge in [0.1, 0.15) is 18.1 Å². The molecule has 3 atom stereocenters. The van der Waals surface area contributed by atoms with Crippen molar-refractivity contribution in [1.29, 1.82) is 0 Å². The second-order valence-corrected chi connectivity index (χ2v) is 8.04. The molecule has 0 bridgehead atoms. The van der Waals surface area contributed by atoms with Gasteiger partial charge in [-0.05, 0) is 24.3 Å². The predicted molar refractivity (Wildman–Crippen MR) is 119 cm³/mol. The van der Waals surface area contributed by atoms with Crippen molar-refractivity contribution >= 4 is 29.7 Å². The third-order valence-corrected chi connectivity index (χ3v) is 4.72. The van der Waals surface area contributed by atoms with Crippen LogP contribution < -0.4 is 21.7 Å². The number of carboxylic acid groups (broad SMARTS) is 2. The molecule has 11 heteroatoms. The van der Waals surface area contributed by atoms with Crippen LogP contribution in [0, 0.1) is 5.92 Å². The number of hydrogen-bond acceptors (Lipinski definition) is 6. The Kier molecular flexibility index (Phi) is 11.6. The fourth-order valence-corrected chi connectivity index (χ4v) is 3.09. The summed E-state index contributed by atoms with van der Waals surface area (Å²) in [4.78, 5) is 60.0. The number of benzene rings is 1. The number of hydrogen-bond donors (Lipinski definition) is 6. The lowest BCUT2D eigenvalue weighted by atomic mass is 10.0. The lowest BCUT2D eigenvalue weighted by molar-refractivity contribution is -0.142. The van der Waals surface area contributed by atoms with Crippen LogP contribution >= 0.6 is 0 Å². The second kappa shape index (κ2) is 13.8. The van der Waals surface area contributed by atoms with E-state index in [1.807, 2.05) is 13.8 Å². The summed E-state index contributed by atoms with van der Waals surface area (Å²) in [6, 6.07) is 5.24. The lowest BCUT2D eigenvalue weighted by Crippen LogP contribution is -2.57. The van der Waals surface area contributed by atoms with Crippen LogP contribution in [0.4, 0.5) is 0 Å². The van der Waals surface area contributed by atoms with Crippen molar-refractivity contribution in [3.8, 4) is 0 Å². The maximum atomic E-state index is 13.0. The van der Waals surface area contributed by atoms with Gasteiger partial charge in [-0.1, -0.05) is 44.2 Å². The summed E-state index contributed by atoms with van der Waals surface area (Å²) in [5.41, 5.74) is 5.98. The predicted octanol–water partition coefficient (Wildman–Crippen LogP) is -0.362. The van der Waals surface area contributed by atoms with E-state index in [2.05, 4.69) is 16.0 Å². The van der Waals surface area contributed by atoms with Crippen LogP contribution in [0.2, 0.25) is 0 Å². The average Bonchev–Trinajstić information content (AvgIpc) is 2.75. The van der Waals surface area contributed by atoms with Crippen LogP contribution in [0.1, 0.15) is 38.7 Å². The number of aliphatic carboxylic acids is 2. The number of carboxylic acids is 2. The third-order valence-electron chi connectivity index (χ3n) is 4.72. The molecule has 0 fully saturated rings.